The average Bonchev–Trinajstić information content (AvgIpc) is 2.18. The summed E-state index contributed by atoms with van der Waals surface area (Å²) in [7, 11) is 0. The summed E-state index contributed by atoms with van der Waals surface area (Å²) >= 11 is 0. The van der Waals surface area contributed by atoms with Gasteiger partial charge in [-0.05, 0) is 24.2 Å². The highest BCUT2D eigenvalue weighted by molar-refractivity contribution is 5.15. The van der Waals surface area contributed by atoms with Gasteiger partial charge in [0.15, 0.2) is 0 Å². The molecule has 0 fully saturated rings. The molecular formula is C12H22FN. The molecule has 1 nitrogen and oxygen atoms in total. The van der Waals surface area contributed by atoms with Crippen molar-refractivity contribution in [1.82, 2.24) is 5.32 Å². The molecule has 0 heterocycles. The SMILES string of the molecule is CCC.CCNCc1ccc(F)cc1.[HH]. The third-order valence-corrected chi connectivity index (χ3v) is 1.49. The standard InChI is InChI=1S/C9H12FN.C3H8.H2/c1-2-11-7-8-3-5-9(10)6-4-8;1-3-2;/h3-6,11H,2,7H2,1H3;3H2,1-2H3;1H. The van der Waals surface area contributed by atoms with Crippen molar-refractivity contribution >= 4 is 0 Å². The van der Waals surface area contributed by atoms with E-state index in [-0.39, 0.29) is 7.24 Å². The van der Waals surface area contributed by atoms with Gasteiger partial charge in [-0.2, -0.15) is 0 Å². The first kappa shape index (κ1) is 13.1. The highest BCUT2D eigenvalue weighted by Crippen LogP contribution is 2.01. The van der Waals surface area contributed by atoms with Crippen molar-refractivity contribution in [3.05, 3.63) is 35.6 Å². The van der Waals surface area contributed by atoms with Gasteiger partial charge in [0, 0.05) is 7.97 Å². The monoisotopic (exact) mass is 199 g/mol. The molecule has 14 heavy (non-hydrogen) atoms. The van der Waals surface area contributed by atoms with Gasteiger partial charge in [0.25, 0.3) is 0 Å². The Hall–Kier alpha value is -0.890. The molecule has 0 amide bonds. The van der Waals surface area contributed by atoms with Crippen LogP contribution in [0.5, 0.6) is 0 Å². The zero-order valence-electron chi connectivity index (χ0n) is 9.31. The molecule has 0 aliphatic carbocycles. The van der Waals surface area contributed by atoms with Crippen molar-refractivity contribution in [1.29, 1.82) is 0 Å². The summed E-state index contributed by atoms with van der Waals surface area (Å²) in [5.74, 6) is -0.176. The van der Waals surface area contributed by atoms with Gasteiger partial charge in [-0.15, -0.1) is 0 Å². The summed E-state index contributed by atoms with van der Waals surface area (Å²) < 4.78 is 12.4. The van der Waals surface area contributed by atoms with Crippen molar-refractivity contribution in [2.75, 3.05) is 6.54 Å². The molecule has 0 bridgehead atoms. The molecule has 0 aliphatic heterocycles. The number of rotatable bonds is 3. The normalized spacial score (nSPS) is 9.14. The van der Waals surface area contributed by atoms with E-state index in [1.807, 2.05) is 6.92 Å². The molecule has 0 saturated heterocycles. The van der Waals surface area contributed by atoms with Crippen LogP contribution in [-0.4, -0.2) is 6.54 Å². The van der Waals surface area contributed by atoms with E-state index in [2.05, 4.69) is 19.2 Å². The molecule has 1 N–H and O–H groups in total. The number of halogens is 1. The Kier molecular flexibility index (Phi) is 8.14. The minimum atomic E-state index is -0.176. The molecular weight excluding hydrogens is 177 g/mol. The van der Waals surface area contributed by atoms with Crippen molar-refractivity contribution in [3.8, 4) is 0 Å². The Balaban J connectivity index is 0. The van der Waals surface area contributed by atoms with Crippen molar-refractivity contribution < 1.29 is 5.82 Å². The molecule has 0 atom stereocenters. The van der Waals surface area contributed by atoms with Gasteiger partial charge >= 0.3 is 0 Å². The van der Waals surface area contributed by atoms with E-state index < -0.39 is 0 Å². The minimum absolute atomic E-state index is 0. The van der Waals surface area contributed by atoms with Crippen LogP contribution >= 0.6 is 0 Å². The molecule has 1 rings (SSSR count). The van der Waals surface area contributed by atoms with E-state index in [0.29, 0.717) is 0 Å². The van der Waals surface area contributed by atoms with Crippen molar-refractivity contribution in [3.63, 3.8) is 0 Å². The molecule has 2 heteroatoms. The molecule has 1 aromatic rings. The summed E-state index contributed by atoms with van der Waals surface area (Å²) in [5, 5.41) is 3.16. The molecule has 0 unspecified atom stereocenters. The summed E-state index contributed by atoms with van der Waals surface area (Å²) in [6, 6.07) is 6.54. The van der Waals surface area contributed by atoms with Gasteiger partial charge < -0.3 is 5.32 Å². The van der Waals surface area contributed by atoms with Gasteiger partial charge in [-0.25, -0.2) is 4.39 Å². The number of hydrogen-bond acceptors (Lipinski definition) is 1. The van der Waals surface area contributed by atoms with E-state index in [4.69, 9.17) is 0 Å². The first-order valence-corrected chi connectivity index (χ1v) is 5.19. The second-order valence-corrected chi connectivity index (χ2v) is 3.11. The fourth-order valence-electron chi connectivity index (χ4n) is 0.872. The highest BCUT2D eigenvalue weighted by Gasteiger charge is 1.90. The highest BCUT2D eigenvalue weighted by atomic mass is 19.1. The topological polar surface area (TPSA) is 12.0 Å². The third-order valence-electron chi connectivity index (χ3n) is 1.49. The van der Waals surface area contributed by atoms with Crippen LogP contribution in [0.15, 0.2) is 24.3 Å². The Morgan fingerprint density at radius 2 is 1.64 bits per heavy atom. The van der Waals surface area contributed by atoms with E-state index in [0.717, 1.165) is 18.7 Å². The van der Waals surface area contributed by atoms with Gasteiger partial charge in [0.2, 0.25) is 0 Å². The first-order valence-electron chi connectivity index (χ1n) is 5.19. The molecule has 1 aromatic carbocycles. The molecule has 0 spiro atoms. The molecule has 0 radical (unpaired) electrons. The second kappa shape index (κ2) is 8.70. The maximum Gasteiger partial charge on any atom is 0.123 e. The Morgan fingerprint density at radius 1 is 1.14 bits per heavy atom. The Bertz CT molecular complexity index is 224. The van der Waals surface area contributed by atoms with Crippen LogP contribution in [0.4, 0.5) is 4.39 Å². The Labute approximate surface area is 87.8 Å². The quantitative estimate of drug-likeness (QED) is 0.784. The fourth-order valence-corrected chi connectivity index (χ4v) is 0.872. The zero-order chi connectivity index (χ0) is 10.8. The lowest BCUT2D eigenvalue weighted by atomic mass is 10.2. The summed E-state index contributed by atoms with van der Waals surface area (Å²) in [5.41, 5.74) is 1.12. The van der Waals surface area contributed by atoms with Crippen LogP contribution in [0.3, 0.4) is 0 Å². The minimum Gasteiger partial charge on any atom is -0.313 e. The molecule has 0 saturated carbocycles. The lowest BCUT2D eigenvalue weighted by Gasteiger charge is -2.00. The predicted octanol–water partition coefficient (Wildman–Crippen LogP) is 3.60. The third kappa shape index (κ3) is 6.61. The van der Waals surface area contributed by atoms with Crippen molar-refractivity contribution in [2.24, 2.45) is 0 Å². The lowest BCUT2D eigenvalue weighted by molar-refractivity contribution is 0.625. The average molecular weight is 199 g/mol. The second-order valence-electron chi connectivity index (χ2n) is 3.11. The smallest absolute Gasteiger partial charge is 0.123 e. The van der Waals surface area contributed by atoms with Crippen LogP contribution in [0.2, 0.25) is 0 Å². The van der Waals surface area contributed by atoms with Gasteiger partial charge in [-0.3, -0.25) is 0 Å². The number of hydrogen-bond donors (Lipinski definition) is 1. The van der Waals surface area contributed by atoms with E-state index in [1.165, 1.54) is 18.6 Å². The summed E-state index contributed by atoms with van der Waals surface area (Å²) in [6.07, 6.45) is 1.25. The summed E-state index contributed by atoms with van der Waals surface area (Å²) in [4.78, 5) is 0. The zero-order valence-corrected chi connectivity index (χ0v) is 9.31. The van der Waals surface area contributed by atoms with E-state index in [1.54, 1.807) is 12.1 Å². The maximum atomic E-state index is 12.4. The first-order chi connectivity index (χ1) is 6.74. The van der Waals surface area contributed by atoms with E-state index in [9.17, 15) is 4.39 Å². The number of nitrogens with one attached hydrogen (secondary N) is 1. The molecule has 82 valence electrons. The van der Waals surface area contributed by atoms with Crippen molar-refractivity contribution in [2.45, 2.75) is 33.7 Å². The fraction of sp³-hybridized carbons (Fsp3) is 0.500. The number of benzene rings is 1. The predicted molar refractivity (Wildman–Crippen MR) is 61.9 cm³/mol. The molecule has 0 aromatic heterocycles. The maximum absolute atomic E-state index is 12.4. The van der Waals surface area contributed by atoms with Gasteiger partial charge in [-0.1, -0.05) is 39.3 Å². The van der Waals surface area contributed by atoms with Gasteiger partial charge in [0.1, 0.15) is 5.82 Å². The van der Waals surface area contributed by atoms with Crippen LogP contribution in [0, 0.1) is 5.82 Å². The lowest BCUT2D eigenvalue weighted by Crippen LogP contribution is -2.11. The summed E-state index contributed by atoms with van der Waals surface area (Å²) in [6.45, 7) is 8.05. The van der Waals surface area contributed by atoms with Crippen LogP contribution in [0.1, 0.15) is 34.2 Å². The van der Waals surface area contributed by atoms with Crippen LogP contribution in [-0.2, 0) is 6.54 Å². The molecule has 0 aliphatic rings. The largest absolute Gasteiger partial charge is 0.313 e. The van der Waals surface area contributed by atoms with Crippen LogP contribution < -0.4 is 5.32 Å². The van der Waals surface area contributed by atoms with Crippen LogP contribution in [0.25, 0.3) is 0 Å². The Morgan fingerprint density at radius 3 is 2.07 bits per heavy atom. The van der Waals surface area contributed by atoms with E-state index >= 15 is 0 Å². The van der Waals surface area contributed by atoms with Gasteiger partial charge in [0.05, 0.1) is 0 Å².